The molecule has 1 fully saturated rings. The third-order valence-electron chi connectivity index (χ3n) is 4.00. The average Bonchev–Trinajstić information content (AvgIpc) is 2.18. The highest BCUT2D eigenvalue weighted by molar-refractivity contribution is 5.67. The number of nitrogens with zero attached hydrogens (tertiary/aromatic N) is 1. The van der Waals surface area contributed by atoms with E-state index < -0.39 is 5.97 Å². The molecule has 1 unspecified atom stereocenters. The van der Waals surface area contributed by atoms with Crippen LogP contribution in [0, 0.1) is 5.92 Å². The van der Waals surface area contributed by atoms with E-state index in [9.17, 15) is 4.79 Å². The zero-order valence-corrected chi connectivity index (χ0v) is 10.8. The van der Waals surface area contributed by atoms with Crippen molar-refractivity contribution in [3.8, 4) is 0 Å². The average molecular weight is 227 g/mol. The van der Waals surface area contributed by atoms with Crippen LogP contribution in [0.25, 0.3) is 0 Å². The number of carboxylic acid groups (broad SMARTS) is 1. The molecule has 94 valence electrons. The smallest absolute Gasteiger partial charge is 0.303 e. The van der Waals surface area contributed by atoms with E-state index in [0.29, 0.717) is 12.3 Å². The Morgan fingerprint density at radius 2 is 2.19 bits per heavy atom. The molecule has 0 bridgehead atoms. The summed E-state index contributed by atoms with van der Waals surface area (Å²) in [6, 6.07) is 0. The largest absolute Gasteiger partial charge is 0.481 e. The lowest BCUT2D eigenvalue weighted by Gasteiger charge is -2.48. The van der Waals surface area contributed by atoms with Gasteiger partial charge in [0.05, 0.1) is 0 Å². The molecular weight excluding hydrogens is 202 g/mol. The summed E-state index contributed by atoms with van der Waals surface area (Å²) >= 11 is 0. The Hall–Kier alpha value is -0.570. The number of aliphatic carboxylic acids is 1. The maximum Gasteiger partial charge on any atom is 0.303 e. The van der Waals surface area contributed by atoms with Crippen LogP contribution in [0.1, 0.15) is 52.9 Å². The van der Waals surface area contributed by atoms with Gasteiger partial charge in [0.2, 0.25) is 0 Å². The van der Waals surface area contributed by atoms with E-state index in [2.05, 4.69) is 25.7 Å². The molecule has 1 N–H and O–H groups in total. The number of likely N-dealkylation sites (tertiary alicyclic amines) is 1. The minimum absolute atomic E-state index is 0.0474. The van der Waals surface area contributed by atoms with Crippen LogP contribution in [0.2, 0.25) is 0 Å². The third-order valence-corrected chi connectivity index (χ3v) is 4.00. The van der Waals surface area contributed by atoms with Gasteiger partial charge < -0.3 is 5.11 Å². The first-order valence-corrected chi connectivity index (χ1v) is 6.45. The van der Waals surface area contributed by atoms with Crippen molar-refractivity contribution in [3.63, 3.8) is 0 Å². The lowest BCUT2D eigenvalue weighted by molar-refractivity contribution is -0.140. The number of hydrogen-bond donors (Lipinski definition) is 1. The molecule has 16 heavy (non-hydrogen) atoms. The number of rotatable bonds is 5. The molecule has 3 nitrogen and oxygen atoms in total. The number of carboxylic acids is 1. The molecule has 0 amide bonds. The standard InChI is InChI=1S/C13H25NO2/c1-4-5-8-14-9-6-7-11(10-12(15)16)13(14,2)3/h11H,4-10H2,1-3H3,(H,15,16). The maximum atomic E-state index is 10.9. The van der Waals surface area contributed by atoms with E-state index in [0.717, 1.165) is 25.9 Å². The van der Waals surface area contributed by atoms with Crippen LogP contribution in [0.4, 0.5) is 0 Å². The SMILES string of the molecule is CCCCN1CCCC(CC(=O)O)C1(C)C. The Kier molecular flexibility index (Phi) is 4.78. The zero-order chi connectivity index (χ0) is 12.2. The molecule has 0 aliphatic carbocycles. The van der Waals surface area contributed by atoms with Crippen molar-refractivity contribution in [2.24, 2.45) is 5.92 Å². The second-order valence-electron chi connectivity index (χ2n) is 5.43. The predicted molar refractivity (Wildman–Crippen MR) is 65.5 cm³/mol. The highest BCUT2D eigenvalue weighted by Crippen LogP contribution is 2.35. The second kappa shape index (κ2) is 5.67. The monoisotopic (exact) mass is 227 g/mol. The highest BCUT2D eigenvalue weighted by atomic mass is 16.4. The summed E-state index contributed by atoms with van der Waals surface area (Å²) in [5.74, 6) is -0.356. The van der Waals surface area contributed by atoms with Crippen LogP contribution < -0.4 is 0 Å². The van der Waals surface area contributed by atoms with Gasteiger partial charge in [0.15, 0.2) is 0 Å². The molecule has 0 spiro atoms. The summed E-state index contributed by atoms with van der Waals surface area (Å²) in [5, 5.41) is 8.94. The summed E-state index contributed by atoms with van der Waals surface area (Å²) in [7, 11) is 0. The van der Waals surface area contributed by atoms with Gasteiger partial charge >= 0.3 is 5.97 Å². The van der Waals surface area contributed by atoms with Gasteiger partial charge in [-0.25, -0.2) is 0 Å². The van der Waals surface area contributed by atoms with Crippen molar-refractivity contribution in [1.82, 2.24) is 4.90 Å². The van der Waals surface area contributed by atoms with E-state index in [4.69, 9.17) is 5.11 Å². The first-order valence-electron chi connectivity index (χ1n) is 6.45. The van der Waals surface area contributed by atoms with Gasteiger partial charge in [-0.05, 0) is 52.1 Å². The molecule has 0 aromatic carbocycles. The van der Waals surface area contributed by atoms with Gasteiger partial charge in [-0.2, -0.15) is 0 Å². The van der Waals surface area contributed by atoms with E-state index in [1.54, 1.807) is 0 Å². The minimum Gasteiger partial charge on any atom is -0.481 e. The lowest BCUT2D eigenvalue weighted by Crippen LogP contribution is -2.53. The Bertz CT molecular complexity index is 238. The molecular formula is C13H25NO2. The number of unbranched alkanes of at least 4 members (excludes halogenated alkanes) is 1. The van der Waals surface area contributed by atoms with Gasteiger partial charge in [0, 0.05) is 12.0 Å². The molecule has 1 heterocycles. The minimum atomic E-state index is -0.657. The second-order valence-corrected chi connectivity index (χ2v) is 5.43. The summed E-state index contributed by atoms with van der Waals surface area (Å²) < 4.78 is 0. The van der Waals surface area contributed by atoms with Crippen LogP contribution in [-0.4, -0.2) is 34.6 Å². The Morgan fingerprint density at radius 1 is 1.50 bits per heavy atom. The summed E-state index contributed by atoms with van der Waals surface area (Å²) in [6.45, 7) is 8.85. The molecule has 0 aromatic heterocycles. The molecule has 1 saturated heterocycles. The van der Waals surface area contributed by atoms with Crippen LogP contribution in [-0.2, 0) is 4.79 Å². The van der Waals surface area contributed by atoms with E-state index >= 15 is 0 Å². The van der Waals surface area contributed by atoms with Crippen LogP contribution >= 0.6 is 0 Å². The lowest BCUT2D eigenvalue weighted by atomic mass is 9.77. The fourth-order valence-corrected chi connectivity index (χ4v) is 2.74. The molecule has 0 radical (unpaired) electrons. The highest BCUT2D eigenvalue weighted by Gasteiger charge is 2.38. The molecule has 1 atom stereocenters. The van der Waals surface area contributed by atoms with Gasteiger partial charge in [-0.15, -0.1) is 0 Å². The fourth-order valence-electron chi connectivity index (χ4n) is 2.74. The molecule has 3 heteroatoms. The van der Waals surface area contributed by atoms with Crippen molar-refractivity contribution in [1.29, 1.82) is 0 Å². The first kappa shape index (κ1) is 13.5. The number of piperidine rings is 1. The van der Waals surface area contributed by atoms with Crippen LogP contribution in [0.5, 0.6) is 0 Å². The molecule has 0 saturated carbocycles. The molecule has 1 aliphatic rings. The molecule has 1 rings (SSSR count). The van der Waals surface area contributed by atoms with Crippen molar-refractivity contribution in [3.05, 3.63) is 0 Å². The predicted octanol–water partition coefficient (Wildman–Crippen LogP) is 2.75. The quantitative estimate of drug-likeness (QED) is 0.785. The van der Waals surface area contributed by atoms with Crippen LogP contribution in [0.3, 0.4) is 0 Å². The fraction of sp³-hybridized carbons (Fsp3) is 0.923. The van der Waals surface area contributed by atoms with E-state index in [-0.39, 0.29) is 5.54 Å². The van der Waals surface area contributed by atoms with Gasteiger partial charge in [-0.1, -0.05) is 13.3 Å². The van der Waals surface area contributed by atoms with Crippen molar-refractivity contribution < 1.29 is 9.90 Å². The summed E-state index contributed by atoms with van der Waals surface area (Å²) in [6.07, 6.45) is 4.93. The van der Waals surface area contributed by atoms with Crippen LogP contribution in [0.15, 0.2) is 0 Å². The Morgan fingerprint density at radius 3 is 2.75 bits per heavy atom. The Balaban J connectivity index is 2.62. The van der Waals surface area contributed by atoms with E-state index in [1.807, 2.05) is 0 Å². The number of carbonyl (C=O) groups is 1. The summed E-state index contributed by atoms with van der Waals surface area (Å²) in [4.78, 5) is 13.3. The Labute approximate surface area is 98.8 Å². The zero-order valence-electron chi connectivity index (χ0n) is 10.8. The van der Waals surface area contributed by atoms with Crippen molar-refractivity contribution >= 4 is 5.97 Å². The summed E-state index contributed by atoms with van der Waals surface area (Å²) in [5.41, 5.74) is 0.0474. The number of hydrogen-bond acceptors (Lipinski definition) is 2. The first-order chi connectivity index (χ1) is 7.48. The van der Waals surface area contributed by atoms with Gasteiger partial charge in [0.25, 0.3) is 0 Å². The third kappa shape index (κ3) is 3.21. The van der Waals surface area contributed by atoms with Gasteiger partial charge in [0.1, 0.15) is 0 Å². The topological polar surface area (TPSA) is 40.5 Å². The normalized spacial score (nSPS) is 25.6. The van der Waals surface area contributed by atoms with Crippen molar-refractivity contribution in [2.75, 3.05) is 13.1 Å². The van der Waals surface area contributed by atoms with Crippen molar-refractivity contribution in [2.45, 2.75) is 58.4 Å². The maximum absolute atomic E-state index is 10.9. The van der Waals surface area contributed by atoms with Gasteiger partial charge in [-0.3, -0.25) is 9.69 Å². The molecule has 1 aliphatic heterocycles. The van der Waals surface area contributed by atoms with E-state index in [1.165, 1.54) is 12.8 Å². The molecule has 0 aromatic rings.